The third-order valence-corrected chi connectivity index (χ3v) is 5.32. The van der Waals surface area contributed by atoms with Crippen molar-refractivity contribution in [3.05, 3.63) is 87.8 Å². The van der Waals surface area contributed by atoms with E-state index in [9.17, 15) is 4.79 Å². The van der Waals surface area contributed by atoms with Gasteiger partial charge in [0.25, 0.3) is 5.56 Å². The average molecular weight is 401 g/mol. The topological polar surface area (TPSA) is 62.7 Å². The maximum absolute atomic E-state index is 12.9. The van der Waals surface area contributed by atoms with Crippen LogP contribution >= 0.6 is 0 Å². The molecule has 30 heavy (non-hydrogen) atoms. The number of para-hydroxylation sites is 1. The van der Waals surface area contributed by atoms with Gasteiger partial charge in [0.05, 0.1) is 11.4 Å². The minimum Gasteiger partial charge on any atom is -0.381 e. The number of H-pyrrole nitrogens is 1. The summed E-state index contributed by atoms with van der Waals surface area (Å²) in [6, 6.07) is 20.2. The molecule has 2 aromatic carbocycles. The highest BCUT2D eigenvalue weighted by Gasteiger charge is 2.24. The summed E-state index contributed by atoms with van der Waals surface area (Å²) >= 11 is 0. The monoisotopic (exact) mass is 400 g/mol. The van der Waals surface area contributed by atoms with Gasteiger partial charge in [-0.1, -0.05) is 58.0 Å². The standard InChI is InChI=1S/C25H28N4O/c1-5-17-11-13-19(14-12-17)26-16-18-15-21-22(25(2,3)4)28-29(23(21)27-24(18)30)20-9-7-6-8-10-20/h6-15,26H,5,16H2,1-4H3,(H,27,30). The molecule has 0 bridgehead atoms. The molecule has 0 aliphatic carbocycles. The van der Waals surface area contributed by atoms with E-state index in [1.807, 2.05) is 41.1 Å². The summed E-state index contributed by atoms with van der Waals surface area (Å²) in [5.74, 6) is 0. The lowest BCUT2D eigenvalue weighted by molar-refractivity contribution is 0.565. The number of nitrogens with zero attached hydrogens (tertiary/aromatic N) is 2. The first kappa shape index (κ1) is 20.0. The number of nitrogens with one attached hydrogen (secondary N) is 2. The van der Waals surface area contributed by atoms with Gasteiger partial charge in [0, 0.05) is 28.6 Å². The molecule has 0 unspecified atom stereocenters. The lowest BCUT2D eigenvalue weighted by atomic mass is 9.90. The number of benzene rings is 2. The summed E-state index contributed by atoms with van der Waals surface area (Å²) in [5, 5.41) is 9.22. The molecule has 5 heteroatoms. The predicted octanol–water partition coefficient (Wildman–Crippen LogP) is 5.19. The predicted molar refractivity (Wildman–Crippen MR) is 124 cm³/mol. The molecular weight excluding hydrogens is 372 g/mol. The maximum atomic E-state index is 12.9. The lowest BCUT2D eigenvalue weighted by Gasteiger charge is -2.15. The molecule has 0 fully saturated rings. The van der Waals surface area contributed by atoms with Crippen LogP contribution in [0.3, 0.4) is 0 Å². The summed E-state index contributed by atoms with van der Waals surface area (Å²) in [4.78, 5) is 15.9. The van der Waals surface area contributed by atoms with Crippen LogP contribution in [-0.4, -0.2) is 14.8 Å². The van der Waals surface area contributed by atoms with Gasteiger partial charge in [0.15, 0.2) is 0 Å². The van der Waals surface area contributed by atoms with E-state index in [0.29, 0.717) is 12.1 Å². The Morgan fingerprint density at radius 1 is 1.03 bits per heavy atom. The third-order valence-electron chi connectivity index (χ3n) is 5.32. The number of pyridine rings is 1. The van der Waals surface area contributed by atoms with Crippen LogP contribution in [0.1, 0.15) is 44.5 Å². The van der Waals surface area contributed by atoms with E-state index in [4.69, 9.17) is 5.10 Å². The van der Waals surface area contributed by atoms with E-state index in [1.54, 1.807) is 0 Å². The van der Waals surface area contributed by atoms with Crippen LogP contribution in [0.5, 0.6) is 0 Å². The summed E-state index contributed by atoms with van der Waals surface area (Å²) in [5.41, 5.74) is 5.36. The van der Waals surface area contributed by atoms with Gasteiger partial charge in [-0.05, 0) is 42.3 Å². The second-order valence-electron chi connectivity index (χ2n) is 8.64. The van der Waals surface area contributed by atoms with E-state index < -0.39 is 0 Å². The molecule has 5 nitrogen and oxygen atoms in total. The Morgan fingerprint density at radius 3 is 2.37 bits per heavy atom. The first-order chi connectivity index (χ1) is 14.4. The quantitative estimate of drug-likeness (QED) is 0.485. The summed E-state index contributed by atoms with van der Waals surface area (Å²) in [7, 11) is 0. The maximum Gasteiger partial charge on any atom is 0.254 e. The number of hydrogen-bond donors (Lipinski definition) is 2. The first-order valence-electron chi connectivity index (χ1n) is 10.4. The first-order valence-corrected chi connectivity index (χ1v) is 10.4. The highest BCUT2D eigenvalue weighted by atomic mass is 16.1. The van der Waals surface area contributed by atoms with Crippen molar-refractivity contribution in [3.63, 3.8) is 0 Å². The Hall–Kier alpha value is -3.34. The fraction of sp³-hybridized carbons (Fsp3) is 0.280. The van der Waals surface area contributed by atoms with Crippen molar-refractivity contribution in [2.24, 2.45) is 0 Å². The lowest BCUT2D eigenvalue weighted by Crippen LogP contribution is -2.17. The molecule has 0 radical (unpaired) electrons. The molecule has 0 atom stereocenters. The number of aromatic amines is 1. The van der Waals surface area contributed by atoms with Crippen molar-refractivity contribution in [1.29, 1.82) is 0 Å². The van der Waals surface area contributed by atoms with E-state index in [1.165, 1.54) is 5.56 Å². The third kappa shape index (κ3) is 3.88. The van der Waals surface area contributed by atoms with Crippen LogP contribution in [0, 0.1) is 0 Å². The van der Waals surface area contributed by atoms with Crippen molar-refractivity contribution in [3.8, 4) is 5.69 Å². The average Bonchev–Trinajstić information content (AvgIpc) is 3.11. The zero-order valence-electron chi connectivity index (χ0n) is 18.0. The molecule has 2 N–H and O–H groups in total. The van der Waals surface area contributed by atoms with Crippen molar-refractivity contribution in [2.45, 2.75) is 46.1 Å². The molecule has 0 amide bonds. The smallest absolute Gasteiger partial charge is 0.254 e. The molecule has 0 saturated heterocycles. The second kappa shape index (κ2) is 7.82. The van der Waals surface area contributed by atoms with Crippen LogP contribution in [0.15, 0.2) is 65.5 Å². The summed E-state index contributed by atoms with van der Waals surface area (Å²) in [6.45, 7) is 9.02. The molecular formula is C25H28N4O. The fourth-order valence-electron chi connectivity index (χ4n) is 3.61. The minimum absolute atomic E-state index is 0.0993. The van der Waals surface area contributed by atoms with E-state index in [2.05, 4.69) is 62.3 Å². The van der Waals surface area contributed by atoms with Gasteiger partial charge in [0.1, 0.15) is 5.65 Å². The zero-order valence-corrected chi connectivity index (χ0v) is 18.0. The molecule has 0 saturated carbocycles. The van der Waals surface area contributed by atoms with Gasteiger partial charge in [0.2, 0.25) is 0 Å². The molecule has 0 spiro atoms. The van der Waals surface area contributed by atoms with Gasteiger partial charge in [-0.25, -0.2) is 4.68 Å². The highest BCUT2D eigenvalue weighted by molar-refractivity contribution is 5.81. The van der Waals surface area contributed by atoms with Gasteiger partial charge in [-0.3, -0.25) is 4.79 Å². The zero-order chi connectivity index (χ0) is 21.3. The minimum atomic E-state index is -0.156. The van der Waals surface area contributed by atoms with Crippen LogP contribution < -0.4 is 10.9 Å². The van der Waals surface area contributed by atoms with Gasteiger partial charge < -0.3 is 10.3 Å². The van der Waals surface area contributed by atoms with E-state index in [0.717, 1.165) is 34.5 Å². The van der Waals surface area contributed by atoms with Crippen LogP contribution in [0.4, 0.5) is 5.69 Å². The van der Waals surface area contributed by atoms with Crippen LogP contribution in [0.25, 0.3) is 16.7 Å². The molecule has 154 valence electrons. The highest BCUT2D eigenvalue weighted by Crippen LogP contribution is 2.30. The van der Waals surface area contributed by atoms with Crippen molar-refractivity contribution in [1.82, 2.24) is 14.8 Å². The molecule has 0 aliphatic rings. The number of hydrogen-bond acceptors (Lipinski definition) is 3. The van der Waals surface area contributed by atoms with Gasteiger partial charge in [-0.2, -0.15) is 5.10 Å². The largest absolute Gasteiger partial charge is 0.381 e. The van der Waals surface area contributed by atoms with Gasteiger partial charge in [-0.15, -0.1) is 0 Å². The van der Waals surface area contributed by atoms with Gasteiger partial charge >= 0.3 is 0 Å². The number of anilines is 1. The molecule has 0 aliphatic heterocycles. The summed E-state index contributed by atoms with van der Waals surface area (Å²) in [6.07, 6.45) is 1.01. The second-order valence-corrected chi connectivity index (χ2v) is 8.64. The van der Waals surface area contributed by atoms with Crippen LogP contribution in [0.2, 0.25) is 0 Å². The fourth-order valence-corrected chi connectivity index (χ4v) is 3.61. The number of aromatic nitrogens is 3. The molecule has 2 aromatic heterocycles. The number of rotatable bonds is 5. The van der Waals surface area contributed by atoms with E-state index >= 15 is 0 Å². The number of fused-ring (bicyclic) bond motifs is 1. The summed E-state index contributed by atoms with van der Waals surface area (Å²) < 4.78 is 1.83. The Morgan fingerprint density at radius 2 is 1.73 bits per heavy atom. The Bertz CT molecular complexity index is 1210. The van der Waals surface area contributed by atoms with Crippen molar-refractivity contribution in [2.75, 3.05) is 5.32 Å². The molecule has 2 heterocycles. The van der Waals surface area contributed by atoms with Crippen molar-refractivity contribution >= 4 is 16.7 Å². The van der Waals surface area contributed by atoms with E-state index in [-0.39, 0.29) is 11.0 Å². The van der Waals surface area contributed by atoms with Crippen LogP contribution in [-0.2, 0) is 18.4 Å². The normalized spacial score (nSPS) is 11.7. The Kier molecular flexibility index (Phi) is 5.20. The Labute approximate surface area is 176 Å². The molecule has 4 rings (SSSR count). The molecule has 4 aromatic rings. The SMILES string of the molecule is CCc1ccc(NCc2cc3c(C(C)(C)C)nn(-c4ccccc4)c3[nH]c2=O)cc1. The van der Waals surface area contributed by atoms with Crippen molar-refractivity contribution < 1.29 is 0 Å². The Balaban J connectivity index is 1.75. The number of aryl methyl sites for hydroxylation is 1.